The monoisotopic (exact) mass is 457 g/mol. The van der Waals surface area contributed by atoms with Gasteiger partial charge in [-0.15, -0.1) is 0 Å². The summed E-state index contributed by atoms with van der Waals surface area (Å²) in [7, 11) is 1.66. The number of phenols is 1. The van der Waals surface area contributed by atoms with E-state index < -0.39 is 5.66 Å². The Labute approximate surface area is 193 Å². The van der Waals surface area contributed by atoms with Gasteiger partial charge in [0.1, 0.15) is 17.2 Å². The number of likely N-dealkylation sites (tertiary alicyclic amines) is 1. The largest absolute Gasteiger partial charge is 0.507 e. The van der Waals surface area contributed by atoms with Gasteiger partial charge in [0.2, 0.25) is 0 Å². The zero-order valence-corrected chi connectivity index (χ0v) is 19.1. The topological polar surface area (TPSA) is 83.4 Å². The number of piperidine rings is 1. The summed E-state index contributed by atoms with van der Waals surface area (Å²) in [5, 5.41) is 14.8. The number of rotatable bonds is 4. The van der Waals surface area contributed by atoms with Crippen molar-refractivity contribution in [1.29, 1.82) is 0 Å². The van der Waals surface area contributed by atoms with E-state index in [2.05, 4.69) is 5.32 Å². The number of nitrogens with one attached hydrogen (secondary N) is 1. The Bertz CT molecular complexity index is 1020. The first-order valence-corrected chi connectivity index (χ1v) is 11.2. The summed E-state index contributed by atoms with van der Waals surface area (Å²) in [4.78, 5) is 19.0. The van der Waals surface area contributed by atoms with Gasteiger partial charge in [0, 0.05) is 60.3 Å². The molecule has 0 aromatic heterocycles. The summed E-state index contributed by atoms with van der Waals surface area (Å²) in [6.07, 6.45) is 1.53. The van der Waals surface area contributed by atoms with Gasteiger partial charge in [-0.3, -0.25) is 10.3 Å². The van der Waals surface area contributed by atoms with Gasteiger partial charge in [-0.1, -0.05) is 29.8 Å². The Balaban J connectivity index is 1.70. The maximum Gasteiger partial charge on any atom is 0.409 e. The van der Waals surface area contributed by atoms with Crippen LogP contribution in [0.2, 0.25) is 5.02 Å². The number of nitrogens with zero attached hydrogens (tertiary/aromatic N) is 2. The van der Waals surface area contributed by atoms with Gasteiger partial charge in [-0.25, -0.2) is 4.79 Å². The van der Waals surface area contributed by atoms with E-state index in [1.807, 2.05) is 24.3 Å². The summed E-state index contributed by atoms with van der Waals surface area (Å²) < 4.78 is 10.8. The summed E-state index contributed by atoms with van der Waals surface area (Å²) in [5.41, 5.74) is 1.86. The van der Waals surface area contributed by atoms with Crippen LogP contribution in [-0.2, 0) is 4.74 Å². The van der Waals surface area contributed by atoms with Crippen molar-refractivity contribution in [2.45, 2.75) is 37.9 Å². The first kappa shape index (κ1) is 22.4. The minimum atomic E-state index is -0.573. The number of methoxy groups -OCH3 is 1. The van der Waals surface area contributed by atoms with Crippen molar-refractivity contribution in [2.24, 2.45) is 4.99 Å². The molecule has 170 valence electrons. The Kier molecular flexibility index (Phi) is 6.58. The average molecular weight is 458 g/mol. The molecule has 1 fully saturated rings. The molecule has 2 N–H and O–H groups in total. The SMILES string of the molecule is CCOC(=O)N1CCC2(CC1)N=C(c1cc(Cl)ccc1O)C[C@@H](c1ccccc1OC)N2. The fraction of sp³-hybridized carbons (Fsp3) is 0.417. The molecule has 1 spiro atoms. The number of halogens is 1. The van der Waals surface area contributed by atoms with Crippen LogP contribution in [-0.4, -0.2) is 54.3 Å². The van der Waals surface area contributed by atoms with Gasteiger partial charge in [0.15, 0.2) is 0 Å². The molecule has 0 radical (unpaired) electrons. The molecule has 0 aliphatic carbocycles. The molecule has 0 unspecified atom stereocenters. The van der Waals surface area contributed by atoms with Gasteiger partial charge in [-0.05, 0) is 31.2 Å². The second-order valence-corrected chi connectivity index (χ2v) is 8.52. The highest BCUT2D eigenvalue weighted by Gasteiger charge is 2.42. The quantitative estimate of drug-likeness (QED) is 0.704. The van der Waals surface area contributed by atoms with Crippen molar-refractivity contribution >= 4 is 23.4 Å². The minimum Gasteiger partial charge on any atom is -0.507 e. The van der Waals surface area contributed by atoms with Crippen molar-refractivity contribution < 1.29 is 19.4 Å². The van der Waals surface area contributed by atoms with Gasteiger partial charge < -0.3 is 19.5 Å². The number of amides is 1. The summed E-state index contributed by atoms with van der Waals surface area (Å²) >= 11 is 6.24. The van der Waals surface area contributed by atoms with E-state index in [4.69, 9.17) is 26.1 Å². The highest BCUT2D eigenvalue weighted by Crippen LogP contribution is 2.39. The molecule has 0 saturated carbocycles. The molecular formula is C24H28ClN3O4. The van der Waals surface area contributed by atoms with Crippen LogP contribution in [0.15, 0.2) is 47.5 Å². The molecule has 2 aliphatic rings. The third kappa shape index (κ3) is 4.54. The molecule has 2 heterocycles. The van der Waals surface area contributed by atoms with E-state index in [1.165, 1.54) is 0 Å². The number of hydrogen-bond donors (Lipinski definition) is 2. The number of ether oxygens (including phenoxy) is 2. The smallest absolute Gasteiger partial charge is 0.409 e. The Morgan fingerprint density at radius 2 is 2.03 bits per heavy atom. The van der Waals surface area contributed by atoms with Gasteiger partial charge >= 0.3 is 6.09 Å². The third-order valence-electron chi connectivity index (χ3n) is 6.09. The molecular weight excluding hydrogens is 430 g/mol. The van der Waals surface area contributed by atoms with Gasteiger partial charge in [-0.2, -0.15) is 0 Å². The number of aliphatic imine (C=N–C) groups is 1. The van der Waals surface area contributed by atoms with E-state index in [9.17, 15) is 9.90 Å². The van der Waals surface area contributed by atoms with E-state index in [0.717, 1.165) is 17.0 Å². The molecule has 32 heavy (non-hydrogen) atoms. The lowest BCUT2D eigenvalue weighted by atomic mass is 9.87. The molecule has 1 amide bonds. The molecule has 1 atom stereocenters. The predicted octanol–water partition coefficient (Wildman–Crippen LogP) is 4.53. The maximum atomic E-state index is 12.2. The van der Waals surface area contributed by atoms with Crippen LogP contribution < -0.4 is 10.1 Å². The maximum absolute atomic E-state index is 12.2. The molecule has 4 rings (SSSR count). The van der Waals surface area contributed by atoms with E-state index in [1.54, 1.807) is 37.1 Å². The molecule has 2 aromatic rings. The van der Waals surface area contributed by atoms with Gasteiger partial charge in [0.25, 0.3) is 0 Å². The lowest BCUT2D eigenvalue weighted by Crippen LogP contribution is -2.56. The number of benzene rings is 2. The molecule has 8 heteroatoms. The van der Waals surface area contributed by atoms with Crippen molar-refractivity contribution in [3.8, 4) is 11.5 Å². The molecule has 0 bridgehead atoms. The highest BCUT2D eigenvalue weighted by molar-refractivity contribution is 6.31. The fourth-order valence-electron chi connectivity index (χ4n) is 4.49. The van der Waals surface area contributed by atoms with Crippen LogP contribution in [0.25, 0.3) is 0 Å². The van der Waals surface area contributed by atoms with Crippen LogP contribution in [0, 0.1) is 0 Å². The molecule has 2 aliphatic heterocycles. The Morgan fingerprint density at radius 3 is 2.75 bits per heavy atom. The summed E-state index contributed by atoms with van der Waals surface area (Å²) in [5.74, 6) is 0.939. The van der Waals surface area contributed by atoms with Crippen LogP contribution >= 0.6 is 11.6 Å². The van der Waals surface area contributed by atoms with E-state index in [-0.39, 0.29) is 17.9 Å². The minimum absolute atomic E-state index is 0.0776. The number of para-hydroxylation sites is 1. The number of hydrogen-bond acceptors (Lipinski definition) is 6. The number of carbonyl (C=O) groups is 1. The first-order chi connectivity index (χ1) is 15.4. The van der Waals surface area contributed by atoms with Crippen molar-refractivity contribution in [3.05, 3.63) is 58.6 Å². The van der Waals surface area contributed by atoms with E-state index >= 15 is 0 Å². The van der Waals surface area contributed by atoms with Crippen LogP contribution in [0.5, 0.6) is 11.5 Å². The summed E-state index contributed by atoms with van der Waals surface area (Å²) in [6, 6.07) is 12.8. The van der Waals surface area contributed by atoms with Crippen LogP contribution in [0.4, 0.5) is 4.79 Å². The standard InChI is InChI=1S/C24H28ClN3O4/c1-3-32-23(30)28-12-10-24(11-13-28)26-19(17-6-4-5-7-22(17)31-2)15-20(27-24)18-14-16(25)8-9-21(18)29/h4-9,14,19,26,29H,3,10-13,15H2,1-2H3/t19-/m0/s1. The summed E-state index contributed by atoms with van der Waals surface area (Å²) in [6.45, 7) is 3.22. The first-order valence-electron chi connectivity index (χ1n) is 10.8. The zero-order valence-electron chi connectivity index (χ0n) is 18.3. The van der Waals surface area contributed by atoms with Crippen LogP contribution in [0.1, 0.15) is 43.4 Å². The number of carbonyl (C=O) groups excluding carboxylic acids is 1. The lowest BCUT2D eigenvalue weighted by Gasteiger charge is -2.45. The second kappa shape index (κ2) is 9.38. The number of phenolic OH excluding ortho intramolecular Hbond substituents is 1. The Hall–Kier alpha value is -2.77. The molecule has 2 aromatic carbocycles. The van der Waals surface area contributed by atoms with Crippen molar-refractivity contribution in [3.63, 3.8) is 0 Å². The molecule has 1 saturated heterocycles. The van der Waals surface area contributed by atoms with Gasteiger partial charge in [0.05, 0.1) is 13.7 Å². The Morgan fingerprint density at radius 1 is 1.28 bits per heavy atom. The lowest BCUT2D eigenvalue weighted by molar-refractivity contribution is 0.0778. The van der Waals surface area contributed by atoms with E-state index in [0.29, 0.717) is 49.5 Å². The normalized spacial score (nSPS) is 20.0. The number of aromatic hydroxyl groups is 1. The predicted molar refractivity (Wildman–Crippen MR) is 124 cm³/mol. The molecule has 7 nitrogen and oxygen atoms in total. The zero-order chi connectivity index (χ0) is 22.7. The van der Waals surface area contributed by atoms with Crippen LogP contribution in [0.3, 0.4) is 0 Å². The third-order valence-corrected chi connectivity index (χ3v) is 6.32. The average Bonchev–Trinajstić information content (AvgIpc) is 2.81. The second-order valence-electron chi connectivity index (χ2n) is 8.08. The van der Waals surface area contributed by atoms with Crippen molar-refractivity contribution in [1.82, 2.24) is 10.2 Å². The highest BCUT2D eigenvalue weighted by atomic mass is 35.5. The fourth-order valence-corrected chi connectivity index (χ4v) is 4.66. The van der Waals surface area contributed by atoms with Crippen molar-refractivity contribution in [2.75, 3.05) is 26.8 Å².